The Hall–Kier alpha value is -2.11. The fourth-order valence-corrected chi connectivity index (χ4v) is 3.30. The first kappa shape index (κ1) is 13.9. The minimum absolute atomic E-state index is 0.598. The number of nitrogens with zero attached hydrogens (tertiary/aromatic N) is 1. The lowest BCUT2D eigenvalue weighted by Gasteiger charge is -2.38. The fourth-order valence-electron chi connectivity index (χ4n) is 3.30. The molecule has 106 valence electrons. The summed E-state index contributed by atoms with van der Waals surface area (Å²) in [4.78, 5) is 0. The summed E-state index contributed by atoms with van der Waals surface area (Å²) in [7, 11) is 0. The number of aliphatic hydroxyl groups is 1. The van der Waals surface area contributed by atoms with Gasteiger partial charge in [0.1, 0.15) is 5.60 Å². The zero-order chi connectivity index (χ0) is 15.1. The molecule has 0 heterocycles. The Labute approximate surface area is 125 Å². The predicted octanol–water partition coefficient (Wildman–Crippen LogP) is 3.51. The van der Waals surface area contributed by atoms with Gasteiger partial charge in [-0.15, -0.1) is 0 Å². The van der Waals surface area contributed by atoms with Gasteiger partial charge in [0, 0.05) is 0 Å². The number of aryl methyl sites for hydroxylation is 1. The summed E-state index contributed by atoms with van der Waals surface area (Å²) in [6.07, 6.45) is 1.20. The van der Waals surface area contributed by atoms with Crippen LogP contribution in [0, 0.1) is 23.7 Å². The van der Waals surface area contributed by atoms with Gasteiger partial charge in [0.2, 0.25) is 0 Å². The Morgan fingerprint density at radius 3 is 2.05 bits per heavy atom. The number of hydrogen-bond acceptors (Lipinski definition) is 2. The van der Waals surface area contributed by atoms with Crippen LogP contribution in [0.15, 0.2) is 48.5 Å². The van der Waals surface area contributed by atoms with Gasteiger partial charge < -0.3 is 5.11 Å². The van der Waals surface area contributed by atoms with E-state index in [-0.39, 0.29) is 0 Å². The van der Waals surface area contributed by atoms with Crippen molar-refractivity contribution in [3.63, 3.8) is 0 Å². The molecular formula is C19H19NO. The second-order valence-corrected chi connectivity index (χ2v) is 6.25. The molecule has 21 heavy (non-hydrogen) atoms. The summed E-state index contributed by atoms with van der Waals surface area (Å²) in [6.45, 7) is 3.79. The number of fused-ring (bicyclic) bond motifs is 1. The highest BCUT2D eigenvalue weighted by molar-refractivity contribution is 5.42. The van der Waals surface area contributed by atoms with Gasteiger partial charge in [-0.05, 0) is 43.4 Å². The van der Waals surface area contributed by atoms with Crippen molar-refractivity contribution in [2.75, 3.05) is 0 Å². The lowest BCUT2D eigenvalue weighted by atomic mass is 9.68. The third kappa shape index (κ3) is 2.05. The summed E-state index contributed by atoms with van der Waals surface area (Å²) in [5.74, 6) is 0. The van der Waals surface area contributed by atoms with Crippen LogP contribution in [0.3, 0.4) is 0 Å². The van der Waals surface area contributed by atoms with E-state index in [4.69, 9.17) is 0 Å². The van der Waals surface area contributed by atoms with E-state index in [9.17, 15) is 10.4 Å². The largest absolute Gasteiger partial charge is 0.384 e. The summed E-state index contributed by atoms with van der Waals surface area (Å²) >= 11 is 0. The molecule has 0 amide bonds. The molecule has 1 aliphatic rings. The molecule has 1 aliphatic carbocycles. The molecule has 0 aromatic heterocycles. The maximum absolute atomic E-state index is 11.2. The van der Waals surface area contributed by atoms with Crippen LogP contribution in [0.2, 0.25) is 0 Å². The predicted molar refractivity (Wildman–Crippen MR) is 82.6 cm³/mol. The van der Waals surface area contributed by atoms with Gasteiger partial charge in [0.25, 0.3) is 0 Å². The second kappa shape index (κ2) is 4.72. The van der Waals surface area contributed by atoms with E-state index in [0.717, 1.165) is 11.1 Å². The number of hydrogen-bond donors (Lipinski definition) is 1. The Morgan fingerprint density at radius 1 is 1.05 bits per heavy atom. The van der Waals surface area contributed by atoms with E-state index in [2.05, 4.69) is 18.2 Å². The van der Waals surface area contributed by atoms with Crippen molar-refractivity contribution in [1.82, 2.24) is 0 Å². The Morgan fingerprint density at radius 2 is 1.57 bits per heavy atom. The van der Waals surface area contributed by atoms with Crippen LogP contribution in [-0.4, -0.2) is 5.11 Å². The van der Waals surface area contributed by atoms with Gasteiger partial charge >= 0.3 is 0 Å². The zero-order valence-electron chi connectivity index (χ0n) is 12.4. The monoisotopic (exact) mass is 277 g/mol. The Bertz CT molecular complexity index is 682. The highest BCUT2D eigenvalue weighted by Crippen LogP contribution is 2.49. The minimum atomic E-state index is -1.17. The summed E-state index contributed by atoms with van der Waals surface area (Å²) < 4.78 is 0. The molecule has 2 heteroatoms. The molecule has 0 aliphatic heterocycles. The van der Waals surface area contributed by atoms with Crippen molar-refractivity contribution >= 4 is 0 Å². The molecule has 2 nitrogen and oxygen atoms in total. The van der Waals surface area contributed by atoms with E-state index >= 15 is 0 Å². The first-order chi connectivity index (χ1) is 9.98. The van der Waals surface area contributed by atoms with Gasteiger partial charge in [-0.2, -0.15) is 5.26 Å². The molecule has 1 atom stereocenters. The third-order valence-electron chi connectivity index (χ3n) is 4.86. The molecule has 3 rings (SSSR count). The molecule has 0 fully saturated rings. The van der Waals surface area contributed by atoms with Gasteiger partial charge in [-0.1, -0.05) is 54.1 Å². The van der Waals surface area contributed by atoms with Crippen LogP contribution in [0.25, 0.3) is 0 Å². The quantitative estimate of drug-likeness (QED) is 0.913. The minimum Gasteiger partial charge on any atom is -0.384 e. The molecular weight excluding hydrogens is 258 g/mol. The first-order valence-corrected chi connectivity index (χ1v) is 7.26. The molecule has 1 N–H and O–H groups in total. The highest BCUT2D eigenvalue weighted by atomic mass is 16.3. The number of benzene rings is 2. The first-order valence-electron chi connectivity index (χ1n) is 7.26. The number of rotatable bonds is 2. The van der Waals surface area contributed by atoms with Gasteiger partial charge in [0.05, 0.1) is 11.5 Å². The maximum atomic E-state index is 11.2. The SMILES string of the molecule is Cc1ccc(C(C)(O)C2(C#N)Cc3ccccc3C2)cc1. The van der Waals surface area contributed by atoms with E-state index in [1.165, 1.54) is 11.1 Å². The van der Waals surface area contributed by atoms with Crippen LogP contribution in [0.4, 0.5) is 0 Å². The molecule has 2 aromatic rings. The van der Waals surface area contributed by atoms with Crippen molar-refractivity contribution in [1.29, 1.82) is 5.26 Å². The fraction of sp³-hybridized carbons (Fsp3) is 0.316. The van der Waals surface area contributed by atoms with E-state index in [1.54, 1.807) is 6.92 Å². The van der Waals surface area contributed by atoms with Crippen LogP contribution in [0.1, 0.15) is 29.2 Å². The van der Waals surface area contributed by atoms with Crippen LogP contribution < -0.4 is 0 Å². The normalized spacial score (nSPS) is 18.6. The lowest BCUT2D eigenvalue weighted by molar-refractivity contribution is -0.0405. The van der Waals surface area contributed by atoms with Crippen LogP contribution in [-0.2, 0) is 18.4 Å². The van der Waals surface area contributed by atoms with Crippen molar-refractivity contribution in [2.45, 2.75) is 32.3 Å². The highest BCUT2D eigenvalue weighted by Gasteiger charge is 2.52. The number of nitriles is 1. The smallest absolute Gasteiger partial charge is 0.106 e. The summed E-state index contributed by atoms with van der Waals surface area (Å²) in [5, 5.41) is 21.0. The molecule has 0 spiro atoms. The topological polar surface area (TPSA) is 44.0 Å². The molecule has 0 radical (unpaired) electrons. The Balaban J connectivity index is 2.05. The average Bonchev–Trinajstić information content (AvgIpc) is 2.88. The van der Waals surface area contributed by atoms with E-state index < -0.39 is 11.0 Å². The van der Waals surface area contributed by atoms with Gasteiger partial charge in [-0.3, -0.25) is 0 Å². The van der Waals surface area contributed by atoms with E-state index in [1.807, 2.05) is 43.3 Å². The third-order valence-corrected chi connectivity index (χ3v) is 4.86. The standard InChI is InChI=1S/C19H19NO/c1-14-7-9-17(10-8-14)18(2,21)19(13-20)11-15-5-3-4-6-16(15)12-19/h3-10,21H,11-12H2,1-2H3. The van der Waals surface area contributed by atoms with Gasteiger partial charge in [0.15, 0.2) is 0 Å². The zero-order valence-corrected chi connectivity index (χ0v) is 12.4. The molecule has 0 saturated heterocycles. The summed E-state index contributed by atoms with van der Waals surface area (Å²) in [5.41, 5.74) is 2.33. The Kier molecular flexibility index (Phi) is 3.11. The van der Waals surface area contributed by atoms with Gasteiger partial charge in [-0.25, -0.2) is 0 Å². The van der Waals surface area contributed by atoms with Crippen molar-refractivity contribution in [2.24, 2.45) is 5.41 Å². The van der Waals surface area contributed by atoms with Crippen LogP contribution in [0.5, 0.6) is 0 Å². The van der Waals surface area contributed by atoms with Crippen molar-refractivity contribution in [3.05, 3.63) is 70.8 Å². The average molecular weight is 277 g/mol. The van der Waals surface area contributed by atoms with Crippen LogP contribution >= 0.6 is 0 Å². The van der Waals surface area contributed by atoms with Crippen molar-refractivity contribution < 1.29 is 5.11 Å². The summed E-state index contributed by atoms with van der Waals surface area (Å²) in [6, 6.07) is 18.3. The maximum Gasteiger partial charge on any atom is 0.106 e. The van der Waals surface area contributed by atoms with Crippen molar-refractivity contribution in [3.8, 4) is 6.07 Å². The molecule has 1 unspecified atom stereocenters. The molecule has 0 saturated carbocycles. The van der Waals surface area contributed by atoms with E-state index in [0.29, 0.717) is 12.8 Å². The second-order valence-electron chi connectivity index (χ2n) is 6.25. The lowest BCUT2D eigenvalue weighted by Crippen LogP contribution is -2.43. The molecule has 2 aromatic carbocycles. The molecule has 0 bridgehead atoms.